The highest BCUT2D eigenvalue weighted by Gasteiger charge is 2.08. The molecule has 0 saturated carbocycles. The normalized spacial score (nSPS) is 15.5. The molecule has 0 spiro atoms. The third-order valence-electron chi connectivity index (χ3n) is 4.37. The molecule has 1 aromatic rings. The molecule has 0 radical (unpaired) electrons. The first kappa shape index (κ1) is 22.8. The highest BCUT2D eigenvalue weighted by atomic mass is 127. The third kappa shape index (κ3) is 8.93. The molecule has 0 amide bonds. The molecule has 1 aliphatic heterocycles. The third-order valence-corrected chi connectivity index (χ3v) is 4.37. The Bertz CT molecular complexity index is 503. The molecule has 2 rings (SSSR count). The van der Waals surface area contributed by atoms with Gasteiger partial charge in [-0.25, -0.2) is 0 Å². The Morgan fingerprint density at radius 2 is 1.62 bits per heavy atom. The number of nitrogens with zero attached hydrogens (tertiary/aromatic N) is 2. The maximum atomic E-state index is 5.70. The number of guanidine groups is 1. The number of ether oxygens (including phenoxy) is 2. The number of halogens is 1. The molecule has 2 N–H and O–H groups in total. The SMILES string of the molecule is CN=C(NCCOc1ccc(OC)cc1)NCCN1CCCCCC1.I. The Morgan fingerprint density at radius 3 is 2.23 bits per heavy atom. The summed E-state index contributed by atoms with van der Waals surface area (Å²) in [6.45, 7) is 5.73. The number of likely N-dealkylation sites (tertiary alicyclic amines) is 1. The van der Waals surface area contributed by atoms with E-state index in [-0.39, 0.29) is 24.0 Å². The molecule has 0 unspecified atom stereocenters. The Labute approximate surface area is 174 Å². The molecule has 1 fully saturated rings. The predicted octanol–water partition coefficient (Wildman–Crippen LogP) is 2.73. The van der Waals surface area contributed by atoms with Crippen molar-refractivity contribution in [3.05, 3.63) is 24.3 Å². The number of hydrogen-bond donors (Lipinski definition) is 2. The minimum Gasteiger partial charge on any atom is -0.497 e. The number of hydrogen-bond acceptors (Lipinski definition) is 4. The van der Waals surface area contributed by atoms with Crippen molar-refractivity contribution < 1.29 is 9.47 Å². The van der Waals surface area contributed by atoms with Crippen LogP contribution in [0.15, 0.2) is 29.3 Å². The monoisotopic (exact) mass is 476 g/mol. The molecule has 1 saturated heterocycles. The summed E-state index contributed by atoms with van der Waals surface area (Å²) in [4.78, 5) is 6.80. The molecule has 7 heteroatoms. The smallest absolute Gasteiger partial charge is 0.191 e. The first-order chi connectivity index (χ1) is 12.3. The molecule has 0 bridgehead atoms. The average molecular weight is 476 g/mol. The molecule has 148 valence electrons. The molecule has 0 aromatic heterocycles. The molecule has 0 atom stereocenters. The highest BCUT2D eigenvalue weighted by Crippen LogP contribution is 2.16. The summed E-state index contributed by atoms with van der Waals surface area (Å²) in [5, 5.41) is 6.66. The minimum atomic E-state index is 0. The van der Waals surface area contributed by atoms with Crippen LogP contribution < -0.4 is 20.1 Å². The molecular weight excluding hydrogens is 443 g/mol. The van der Waals surface area contributed by atoms with E-state index in [0.717, 1.165) is 30.5 Å². The average Bonchev–Trinajstić information content (AvgIpc) is 2.93. The van der Waals surface area contributed by atoms with Crippen molar-refractivity contribution in [3.63, 3.8) is 0 Å². The Morgan fingerprint density at radius 1 is 1.00 bits per heavy atom. The van der Waals surface area contributed by atoms with E-state index in [4.69, 9.17) is 9.47 Å². The van der Waals surface area contributed by atoms with Crippen molar-refractivity contribution in [2.24, 2.45) is 4.99 Å². The lowest BCUT2D eigenvalue weighted by Crippen LogP contribution is -2.43. The standard InChI is InChI=1S/C19H32N4O2.HI/c1-20-19(21-11-15-23-13-5-3-4-6-14-23)22-12-16-25-18-9-7-17(24-2)8-10-18;/h7-10H,3-6,11-16H2,1-2H3,(H2,20,21,22);1H. The Hall–Kier alpha value is -1.22. The first-order valence-corrected chi connectivity index (χ1v) is 9.25. The van der Waals surface area contributed by atoms with Gasteiger partial charge in [-0.3, -0.25) is 4.99 Å². The number of benzene rings is 1. The van der Waals surface area contributed by atoms with Crippen LogP contribution in [0.3, 0.4) is 0 Å². The fourth-order valence-corrected chi connectivity index (χ4v) is 2.92. The summed E-state index contributed by atoms with van der Waals surface area (Å²) in [5.41, 5.74) is 0. The highest BCUT2D eigenvalue weighted by molar-refractivity contribution is 14.0. The van der Waals surface area contributed by atoms with Crippen molar-refractivity contribution in [2.45, 2.75) is 25.7 Å². The van der Waals surface area contributed by atoms with E-state index in [9.17, 15) is 0 Å². The summed E-state index contributed by atoms with van der Waals surface area (Å²) in [6.07, 6.45) is 5.41. The zero-order valence-corrected chi connectivity index (χ0v) is 18.3. The number of aliphatic imine (C=N–C) groups is 1. The van der Waals surface area contributed by atoms with E-state index in [0.29, 0.717) is 13.2 Å². The molecule has 1 heterocycles. The van der Waals surface area contributed by atoms with Crippen LogP contribution in [0.1, 0.15) is 25.7 Å². The van der Waals surface area contributed by atoms with E-state index >= 15 is 0 Å². The van der Waals surface area contributed by atoms with Crippen LogP contribution in [0.5, 0.6) is 11.5 Å². The lowest BCUT2D eigenvalue weighted by atomic mass is 10.2. The van der Waals surface area contributed by atoms with Gasteiger partial charge in [-0.15, -0.1) is 24.0 Å². The molecule has 6 nitrogen and oxygen atoms in total. The second kappa shape index (κ2) is 13.9. The zero-order chi connectivity index (χ0) is 17.7. The van der Waals surface area contributed by atoms with Gasteiger partial charge in [0.25, 0.3) is 0 Å². The molecular formula is C19H33IN4O2. The van der Waals surface area contributed by atoms with Crippen LogP contribution in [0.2, 0.25) is 0 Å². The lowest BCUT2D eigenvalue weighted by Gasteiger charge is -2.20. The summed E-state index contributed by atoms with van der Waals surface area (Å²) >= 11 is 0. The van der Waals surface area contributed by atoms with Gasteiger partial charge < -0.3 is 25.0 Å². The molecule has 1 aliphatic rings. The topological polar surface area (TPSA) is 58.1 Å². The quantitative estimate of drug-likeness (QED) is 0.262. The number of rotatable bonds is 8. The van der Waals surface area contributed by atoms with Crippen LogP contribution in [-0.2, 0) is 0 Å². The largest absolute Gasteiger partial charge is 0.497 e. The van der Waals surface area contributed by atoms with Crippen molar-refractivity contribution in [1.29, 1.82) is 0 Å². The van der Waals surface area contributed by atoms with Gasteiger partial charge in [0.05, 0.1) is 13.7 Å². The summed E-state index contributed by atoms with van der Waals surface area (Å²) in [7, 11) is 3.46. The van der Waals surface area contributed by atoms with Gasteiger partial charge in [0.15, 0.2) is 5.96 Å². The van der Waals surface area contributed by atoms with Crippen molar-refractivity contribution in [2.75, 3.05) is 53.5 Å². The van der Waals surface area contributed by atoms with E-state index < -0.39 is 0 Å². The van der Waals surface area contributed by atoms with Crippen LogP contribution in [0.25, 0.3) is 0 Å². The van der Waals surface area contributed by atoms with Crippen molar-refractivity contribution in [1.82, 2.24) is 15.5 Å². The van der Waals surface area contributed by atoms with Gasteiger partial charge in [-0.05, 0) is 50.2 Å². The molecule has 26 heavy (non-hydrogen) atoms. The summed E-state index contributed by atoms with van der Waals surface area (Å²) in [5.74, 6) is 2.50. The number of methoxy groups -OCH3 is 1. The first-order valence-electron chi connectivity index (χ1n) is 9.25. The van der Waals surface area contributed by atoms with E-state index in [1.807, 2.05) is 24.3 Å². The van der Waals surface area contributed by atoms with Gasteiger partial charge >= 0.3 is 0 Å². The van der Waals surface area contributed by atoms with Gasteiger partial charge in [0, 0.05) is 20.1 Å². The fraction of sp³-hybridized carbons (Fsp3) is 0.632. The van der Waals surface area contributed by atoms with Crippen LogP contribution in [-0.4, -0.2) is 64.3 Å². The van der Waals surface area contributed by atoms with Gasteiger partial charge in [0.2, 0.25) is 0 Å². The van der Waals surface area contributed by atoms with E-state index in [1.54, 1.807) is 14.2 Å². The Kier molecular flexibility index (Phi) is 12.2. The second-order valence-corrected chi connectivity index (χ2v) is 6.21. The van der Waals surface area contributed by atoms with Gasteiger partial charge in [-0.2, -0.15) is 0 Å². The maximum Gasteiger partial charge on any atom is 0.191 e. The predicted molar refractivity (Wildman–Crippen MR) is 118 cm³/mol. The van der Waals surface area contributed by atoms with Crippen LogP contribution in [0.4, 0.5) is 0 Å². The number of nitrogens with one attached hydrogen (secondary N) is 2. The fourth-order valence-electron chi connectivity index (χ4n) is 2.92. The minimum absolute atomic E-state index is 0. The van der Waals surface area contributed by atoms with Crippen molar-refractivity contribution >= 4 is 29.9 Å². The molecule has 1 aromatic carbocycles. The maximum absolute atomic E-state index is 5.70. The van der Waals surface area contributed by atoms with Gasteiger partial charge in [0.1, 0.15) is 18.1 Å². The molecule has 0 aliphatic carbocycles. The van der Waals surface area contributed by atoms with E-state index in [2.05, 4.69) is 20.5 Å². The van der Waals surface area contributed by atoms with Crippen LogP contribution >= 0.6 is 24.0 Å². The van der Waals surface area contributed by atoms with E-state index in [1.165, 1.54) is 38.8 Å². The zero-order valence-electron chi connectivity index (χ0n) is 16.0. The summed E-state index contributed by atoms with van der Waals surface area (Å²) in [6, 6.07) is 7.61. The second-order valence-electron chi connectivity index (χ2n) is 6.21. The van der Waals surface area contributed by atoms with Crippen LogP contribution in [0, 0.1) is 0 Å². The lowest BCUT2D eigenvalue weighted by molar-refractivity contribution is 0.289. The summed E-state index contributed by atoms with van der Waals surface area (Å²) < 4.78 is 10.8. The van der Waals surface area contributed by atoms with Gasteiger partial charge in [-0.1, -0.05) is 12.8 Å². The van der Waals surface area contributed by atoms with Crippen molar-refractivity contribution in [3.8, 4) is 11.5 Å². The Balaban J connectivity index is 0.00000338.